The van der Waals surface area contributed by atoms with Crippen molar-refractivity contribution in [2.45, 2.75) is 45.1 Å². The van der Waals surface area contributed by atoms with Crippen molar-refractivity contribution in [1.29, 1.82) is 0 Å². The number of aromatic nitrogens is 3. The smallest absolute Gasteiger partial charge is 0.247 e. The van der Waals surface area contributed by atoms with Crippen molar-refractivity contribution in [3.05, 3.63) is 65.8 Å². The molecule has 162 valence electrons. The lowest BCUT2D eigenvalue weighted by molar-refractivity contribution is -0.122. The van der Waals surface area contributed by atoms with Crippen molar-refractivity contribution in [1.82, 2.24) is 25.4 Å². The molecule has 2 aromatic heterocycles. The number of aryl methyl sites for hydroxylation is 2. The van der Waals surface area contributed by atoms with Crippen LogP contribution in [0.5, 0.6) is 0 Å². The minimum Gasteiger partial charge on any atom is -0.421 e. The Hall–Kier alpha value is -3.06. The first-order valence-corrected chi connectivity index (χ1v) is 11.0. The number of nitrogens with zero attached hydrogens (tertiary/aromatic N) is 4. The minimum absolute atomic E-state index is 0.0466. The summed E-state index contributed by atoms with van der Waals surface area (Å²) in [4.78, 5) is 18.9. The van der Waals surface area contributed by atoms with Gasteiger partial charge < -0.3 is 14.6 Å². The molecule has 0 aliphatic carbocycles. The summed E-state index contributed by atoms with van der Waals surface area (Å²) < 4.78 is 5.71. The van der Waals surface area contributed by atoms with E-state index in [1.807, 2.05) is 43.6 Å². The fraction of sp³-hybridized carbons (Fsp3) is 0.417. The molecule has 1 N–H and O–H groups in total. The Labute approximate surface area is 182 Å². The molecule has 1 saturated heterocycles. The monoisotopic (exact) mass is 419 g/mol. The summed E-state index contributed by atoms with van der Waals surface area (Å²) >= 11 is 0. The van der Waals surface area contributed by atoms with Crippen LogP contribution in [-0.4, -0.2) is 51.7 Å². The Kier molecular flexibility index (Phi) is 7.04. The maximum absolute atomic E-state index is 12.4. The molecule has 1 fully saturated rings. The van der Waals surface area contributed by atoms with Crippen LogP contribution in [0, 0.1) is 6.92 Å². The zero-order valence-corrected chi connectivity index (χ0v) is 18.0. The lowest BCUT2D eigenvalue weighted by atomic mass is 10.0. The van der Waals surface area contributed by atoms with Gasteiger partial charge in [-0.05, 0) is 56.0 Å². The standard InChI is InChI=1S/C24H29N5O2/c1-18-2-4-20(5-3-18)24-28-27-23(31-24)7-6-22(30)26-21-11-16-29(17-12-21)15-10-19-8-13-25-14-9-19/h2-5,8-9,13-14,21H,6-7,10-12,15-17H2,1H3,(H,26,30). The van der Waals surface area contributed by atoms with E-state index in [0.29, 0.717) is 24.6 Å². The van der Waals surface area contributed by atoms with Gasteiger partial charge in [0.15, 0.2) is 0 Å². The molecule has 3 heterocycles. The number of pyridine rings is 1. The quantitative estimate of drug-likeness (QED) is 0.604. The van der Waals surface area contributed by atoms with Crippen LogP contribution in [-0.2, 0) is 17.6 Å². The maximum Gasteiger partial charge on any atom is 0.247 e. The van der Waals surface area contributed by atoms with Crippen LogP contribution in [0.3, 0.4) is 0 Å². The van der Waals surface area contributed by atoms with Gasteiger partial charge in [0.1, 0.15) is 0 Å². The first-order valence-electron chi connectivity index (χ1n) is 11.0. The fourth-order valence-corrected chi connectivity index (χ4v) is 3.83. The third-order valence-electron chi connectivity index (χ3n) is 5.75. The predicted molar refractivity (Wildman–Crippen MR) is 118 cm³/mol. The van der Waals surface area contributed by atoms with E-state index < -0.39 is 0 Å². The summed E-state index contributed by atoms with van der Waals surface area (Å²) in [6.45, 7) is 5.11. The Morgan fingerprint density at radius 2 is 1.81 bits per heavy atom. The second-order valence-corrected chi connectivity index (χ2v) is 8.16. The van der Waals surface area contributed by atoms with Crippen LogP contribution < -0.4 is 5.32 Å². The van der Waals surface area contributed by atoms with Gasteiger partial charge in [0.25, 0.3) is 0 Å². The topological polar surface area (TPSA) is 84.2 Å². The molecule has 1 aliphatic rings. The summed E-state index contributed by atoms with van der Waals surface area (Å²) in [6, 6.07) is 12.3. The minimum atomic E-state index is 0.0466. The average Bonchev–Trinajstić information content (AvgIpc) is 3.28. The molecule has 3 aromatic rings. The first-order chi connectivity index (χ1) is 15.2. The van der Waals surface area contributed by atoms with Crippen molar-refractivity contribution in [2.24, 2.45) is 0 Å². The lowest BCUT2D eigenvalue weighted by Gasteiger charge is -2.32. The molecule has 0 saturated carbocycles. The number of amides is 1. The lowest BCUT2D eigenvalue weighted by Crippen LogP contribution is -2.45. The molecule has 31 heavy (non-hydrogen) atoms. The summed E-state index contributed by atoms with van der Waals surface area (Å²) in [5.74, 6) is 1.04. The van der Waals surface area contributed by atoms with Gasteiger partial charge in [-0.2, -0.15) is 0 Å². The number of benzene rings is 1. The van der Waals surface area contributed by atoms with E-state index in [4.69, 9.17) is 4.42 Å². The van der Waals surface area contributed by atoms with Gasteiger partial charge in [-0.25, -0.2) is 0 Å². The zero-order valence-electron chi connectivity index (χ0n) is 18.0. The average molecular weight is 420 g/mol. The van der Waals surface area contributed by atoms with Gasteiger partial charge >= 0.3 is 0 Å². The van der Waals surface area contributed by atoms with E-state index in [0.717, 1.165) is 44.5 Å². The molecule has 1 aliphatic heterocycles. The molecule has 0 radical (unpaired) electrons. The molecule has 0 spiro atoms. The van der Waals surface area contributed by atoms with Crippen LogP contribution in [0.25, 0.3) is 11.5 Å². The molecule has 0 bridgehead atoms. The van der Waals surface area contributed by atoms with Crippen molar-refractivity contribution in [2.75, 3.05) is 19.6 Å². The van der Waals surface area contributed by atoms with Gasteiger partial charge in [-0.3, -0.25) is 9.78 Å². The number of piperidine rings is 1. The van der Waals surface area contributed by atoms with Crippen LogP contribution in [0.15, 0.2) is 53.2 Å². The summed E-state index contributed by atoms with van der Waals surface area (Å²) in [5.41, 5.74) is 3.39. The largest absolute Gasteiger partial charge is 0.421 e. The summed E-state index contributed by atoms with van der Waals surface area (Å²) in [6.07, 6.45) is 7.51. The Balaban J connectivity index is 1.16. The highest BCUT2D eigenvalue weighted by atomic mass is 16.4. The number of nitrogens with one attached hydrogen (secondary N) is 1. The van der Waals surface area contributed by atoms with Gasteiger partial charge in [0, 0.05) is 56.5 Å². The van der Waals surface area contributed by atoms with E-state index in [1.54, 1.807) is 0 Å². The number of likely N-dealkylation sites (tertiary alicyclic amines) is 1. The normalized spacial score (nSPS) is 15.1. The first kappa shape index (κ1) is 21.2. The highest BCUT2D eigenvalue weighted by molar-refractivity contribution is 5.76. The van der Waals surface area contributed by atoms with Crippen LogP contribution in [0.1, 0.15) is 36.3 Å². The van der Waals surface area contributed by atoms with Gasteiger partial charge in [0.05, 0.1) is 0 Å². The second kappa shape index (κ2) is 10.3. The number of rotatable bonds is 8. The maximum atomic E-state index is 12.4. The number of hydrogen-bond acceptors (Lipinski definition) is 6. The zero-order chi connectivity index (χ0) is 21.5. The summed E-state index contributed by atoms with van der Waals surface area (Å²) in [5, 5.41) is 11.3. The number of hydrogen-bond donors (Lipinski definition) is 1. The van der Waals surface area contributed by atoms with E-state index in [2.05, 4.69) is 37.5 Å². The van der Waals surface area contributed by atoms with E-state index in [-0.39, 0.29) is 11.9 Å². The Bertz CT molecular complexity index is 963. The van der Waals surface area contributed by atoms with Crippen LogP contribution >= 0.6 is 0 Å². The van der Waals surface area contributed by atoms with Gasteiger partial charge in [-0.1, -0.05) is 17.7 Å². The van der Waals surface area contributed by atoms with E-state index in [9.17, 15) is 4.79 Å². The molecule has 4 rings (SSSR count). The molecule has 1 aromatic carbocycles. The third-order valence-corrected chi connectivity index (χ3v) is 5.75. The van der Waals surface area contributed by atoms with Gasteiger partial charge in [-0.15, -0.1) is 10.2 Å². The second-order valence-electron chi connectivity index (χ2n) is 8.16. The van der Waals surface area contributed by atoms with Crippen molar-refractivity contribution in [3.8, 4) is 11.5 Å². The highest BCUT2D eigenvalue weighted by Crippen LogP contribution is 2.19. The molecule has 0 atom stereocenters. The SMILES string of the molecule is Cc1ccc(-c2nnc(CCC(=O)NC3CCN(CCc4ccncc4)CC3)o2)cc1. The van der Waals surface area contributed by atoms with E-state index >= 15 is 0 Å². The Morgan fingerprint density at radius 3 is 2.55 bits per heavy atom. The van der Waals surface area contributed by atoms with Gasteiger partial charge in [0.2, 0.25) is 17.7 Å². The van der Waals surface area contributed by atoms with Crippen molar-refractivity contribution >= 4 is 5.91 Å². The third kappa shape index (κ3) is 6.21. The highest BCUT2D eigenvalue weighted by Gasteiger charge is 2.20. The predicted octanol–water partition coefficient (Wildman–Crippen LogP) is 3.20. The van der Waals surface area contributed by atoms with Crippen molar-refractivity contribution < 1.29 is 9.21 Å². The molecule has 7 heteroatoms. The van der Waals surface area contributed by atoms with Crippen LogP contribution in [0.4, 0.5) is 0 Å². The number of carbonyl (C=O) groups is 1. The molecular weight excluding hydrogens is 390 g/mol. The molecule has 1 amide bonds. The van der Waals surface area contributed by atoms with E-state index in [1.165, 1.54) is 11.1 Å². The molecule has 7 nitrogen and oxygen atoms in total. The number of carbonyl (C=O) groups excluding carboxylic acids is 1. The summed E-state index contributed by atoms with van der Waals surface area (Å²) in [7, 11) is 0. The molecular formula is C24H29N5O2. The Morgan fingerprint density at radius 1 is 1.06 bits per heavy atom. The van der Waals surface area contributed by atoms with Crippen LogP contribution in [0.2, 0.25) is 0 Å². The fourth-order valence-electron chi connectivity index (χ4n) is 3.83. The van der Waals surface area contributed by atoms with Crippen molar-refractivity contribution in [3.63, 3.8) is 0 Å². The molecule has 0 unspecified atom stereocenters.